The lowest BCUT2D eigenvalue weighted by Gasteiger charge is -2.09. The van der Waals surface area contributed by atoms with Gasteiger partial charge in [-0.2, -0.15) is 5.26 Å². The first-order valence-corrected chi connectivity index (χ1v) is 6.59. The van der Waals surface area contributed by atoms with Crippen LogP contribution in [0, 0.1) is 23.1 Å². The molecular weight excluding hydrogens is 255 g/mol. The fraction of sp³-hybridized carbons (Fsp3) is 0.250. The average Bonchev–Trinajstić information content (AvgIpc) is 3.25. The molecule has 0 spiro atoms. The molecule has 0 amide bonds. The Hall–Kier alpha value is -2.41. The van der Waals surface area contributed by atoms with Crippen LogP contribution in [-0.4, -0.2) is 4.98 Å². The number of pyridine rings is 1. The van der Waals surface area contributed by atoms with E-state index in [-0.39, 0.29) is 11.4 Å². The van der Waals surface area contributed by atoms with Gasteiger partial charge in [-0.15, -0.1) is 0 Å². The molecule has 1 aromatic heterocycles. The zero-order valence-corrected chi connectivity index (χ0v) is 10.8. The maximum absolute atomic E-state index is 13.5. The van der Waals surface area contributed by atoms with Crippen molar-refractivity contribution in [1.29, 1.82) is 5.26 Å². The Morgan fingerprint density at radius 2 is 2.10 bits per heavy atom. The van der Waals surface area contributed by atoms with Gasteiger partial charge in [-0.25, -0.2) is 4.39 Å². The van der Waals surface area contributed by atoms with Gasteiger partial charge in [-0.3, -0.25) is 4.79 Å². The summed E-state index contributed by atoms with van der Waals surface area (Å²) in [4.78, 5) is 14.4. The highest BCUT2D eigenvalue weighted by atomic mass is 19.1. The van der Waals surface area contributed by atoms with Crippen LogP contribution in [0.2, 0.25) is 0 Å². The molecule has 0 saturated heterocycles. The maximum atomic E-state index is 13.5. The van der Waals surface area contributed by atoms with Crippen LogP contribution in [0.1, 0.15) is 24.0 Å². The van der Waals surface area contributed by atoms with Gasteiger partial charge in [0.05, 0.1) is 0 Å². The minimum absolute atomic E-state index is 0.0638. The predicted octanol–water partition coefficient (Wildman–Crippen LogP) is 3.01. The number of aromatic amines is 1. The standard InChI is InChI=1S/C16H13FN2O/c17-13-5-3-11(7-10-1-2-10)14(8-13)15-6-4-12(9-18)16(20)19-15/h3-6,8,10H,1-2,7H2,(H,19,20). The lowest BCUT2D eigenvalue weighted by Crippen LogP contribution is -2.10. The Labute approximate surface area is 115 Å². The SMILES string of the molecule is N#Cc1ccc(-c2cc(F)ccc2CC2CC2)[nH]c1=O. The number of hydrogen-bond donors (Lipinski definition) is 1. The van der Waals surface area contributed by atoms with Crippen molar-refractivity contribution in [3.05, 3.63) is 57.6 Å². The number of H-pyrrole nitrogens is 1. The molecule has 1 aliphatic rings. The minimum Gasteiger partial charge on any atom is -0.321 e. The number of rotatable bonds is 3. The summed E-state index contributed by atoms with van der Waals surface area (Å²) in [5, 5.41) is 8.78. The minimum atomic E-state index is -0.438. The molecule has 4 heteroatoms. The molecule has 2 aromatic rings. The van der Waals surface area contributed by atoms with Crippen LogP contribution >= 0.6 is 0 Å². The van der Waals surface area contributed by atoms with Gasteiger partial charge in [-0.1, -0.05) is 6.07 Å². The molecule has 1 aromatic carbocycles. The normalized spacial score (nSPS) is 14.0. The van der Waals surface area contributed by atoms with E-state index in [1.54, 1.807) is 12.1 Å². The van der Waals surface area contributed by atoms with Crippen molar-refractivity contribution >= 4 is 0 Å². The average molecular weight is 268 g/mol. The third kappa shape index (κ3) is 2.48. The Morgan fingerprint density at radius 3 is 2.75 bits per heavy atom. The second-order valence-corrected chi connectivity index (χ2v) is 5.18. The van der Waals surface area contributed by atoms with E-state index >= 15 is 0 Å². The summed E-state index contributed by atoms with van der Waals surface area (Å²) in [5.74, 6) is 0.342. The summed E-state index contributed by atoms with van der Waals surface area (Å²) in [6.45, 7) is 0. The number of aromatic nitrogens is 1. The molecule has 1 fully saturated rings. The molecule has 1 heterocycles. The van der Waals surface area contributed by atoms with E-state index in [0.717, 1.165) is 12.0 Å². The number of benzene rings is 1. The van der Waals surface area contributed by atoms with Gasteiger partial charge >= 0.3 is 0 Å². The van der Waals surface area contributed by atoms with Crippen LogP contribution in [-0.2, 0) is 6.42 Å². The van der Waals surface area contributed by atoms with Crippen molar-refractivity contribution in [2.24, 2.45) is 5.92 Å². The molecule has 1 N–H and O–H groups in total. The van der Waals surface area contributed by atoms with Gasteiger partial charge in [-0.05, 0) is 55.0 Å². The summed E-state index contributed by atoms with van der Waals surface area (Å²) >= 11 is 0. The van der Waals surface area contributed by atoms with E-state index in [9.17, 15) is 9.18 Å². The van der Waals surface area contributed by atoms with Crippen molar-refractivity contribution < 1.29 is 4.39 Å². The van der Waals surface area contributed by atoms with Crippen molar-refractivity contribution in [3.8, 4) is 17.3 Å². The molecule has 3 nitrogen and oxygen atoms in total. The van der Waals surface area contributed by atoms with Crippen LogP contribution in [0.5, 0.6) is 0 Å². The molecule has 0 bridgehead atoms. The molecule has 1 saturated carbocycles. The van der Waals surface area contributed by atoms with Crippen molar-refractivity contribution in [2.75, 3.05) is 0 Å². The van der Waals surface area contributed by atoms with Gasteiger partial charge in [0.1, 0.15) is 17.4 Å². The molecule has 0 unspecified atom stereocenters. The van der Waals surface area contributed by atoms with Crippen LogP contribution in [0.25, 0.3) is 11.3 Å². The quantitative estimate of drug-likeness (QED) is 0.930. The van der Waals surface area contributed by atoms with E-state index in [1.165, 1.54) is 31.0 Å². The second-order valence-electron chi connectivity index (χ2n) is 5.18. The van der Waals surface area contributed by atoms with E-state index in [0.29, 0.717) is 17.2 Å². The fourth-order valence-corrected chi connectivity index (χ4v) is 2.33. The monoisotopic (exact) mass is 268 g/mol. The van der Waals surface area contributed by atoms with E-state index in [1.807, 2.05) is 6.07 Å². The molecule has 1 aliphatic carbocycles. The van der Waals surface area contributed by atoms with Gasteiger partial charge in [0.15, 0.2) is 0 Å². The summed E-state index contributed by atoms with van der Waals surface area (Å²) in [5.41, 5.74) is 1.93. The first kappa shape index (κ1) is 12.6. The number of hydrogen-bond acceptors (Lipinski definition) is 2. The maximum Gasteiger partial charge on any atom is 0.266 e. The lowest BCUT2D eigenvalue weighted by atomic mass is 9.99. The fourth-order valence-electron chi connectivity index (χ4n) is 2.33. The van der Waals surface area contributed by atoms with Gasteiger partial charge in [0.2, 0.25) is 0 Å². The lowest BCUT2D eigenvalue weighted by molar-refractivity contribution is 0.627. The highest BCUT2D eigenvalue weighted by Crippen LogP contribution is 2.35. The van der Waals surface area contributed by atoms with Crippen molar-refractivity contribution in [3.63, 3.8) is 0 Å². The predicted molar refractivity (Wildman–Crippen MR) is 73.6 cm³/mol. The van der Waals surface area contributed by atoms with E-state index in [4.69, 9.17) is 5.26 Å². The third-order valence-corrected chi connectivity index (χ3v) is 3.60. The highest BCUT2D eigenvalue weighted by Gasteiger charge is 2.23. The number of nitriles is 1. The molecule has 100 valence electrons. The summed E-state index contributed by atoms with van der Waals surface area (Å²) < 4.78 is 13.5. The van der Waals surface area contributed by atoms with Crippen LogP contribution in [0.3, 0.4) is 0 Å². The zero-order valence-electron chi connectivity index (χ0n) is 10.8. The van der Waals surface area contributed by atoms with Crippen LogP contribution in [0.15, 0.2) is 35.1 Å². The number of halogens is 1. The van der Waals surface area contributed by atoms with Crippen molar-refractivity contribution in [1.82, 2.24) is 4.98 Å². The van der Waals surface area contributed by atoms with E-state index in [2.05, 4.69) is 4.98 Å². The van der Waals surface area contributed by atoms with E-state index < -0.39 is 5.56 Å². The zero-order chi connectivity index (χ0) is 14.1. The first-order chi connectivity index (χ1) is 9.67. The van der Waals surface area contributed by atoms with Crippen LogP contribution < -0.4 is 5.56 Å². The molecule has 0 atom stereocenters. The first-order valence-electron chi connectivity index (χ1n) is 6.59. The molecule has 3 rings (SSSR count). The van der Waals surface area contributed by atoms with Gasteiger partial charge < -0.3 is 4.98 Å². The van der Waals surface area contributed by atoms with Crippen molar-refractivity contribution in [2.45, 2.75) is 19.3 Å². The summed E-state index contributed by atoms with van der Waals surface area (Å²) in [6, 6.07) is 9.62. The Bertz CT molecular complexity index is 754. The molecule has 20 heavy (non-hydrogen) atoms. The molecule has 0 radical (unpaired) electrons. The van der Waals surface area contributed by atoms with Gasteiger partial charge in [0, 0.05) is 11.3 Å². The molecular formula is C16H13FN2O. The topological polar surface area (TPSA) is 56.6 Å². The molecule has 0 aliphatic heterocycles. The Kier molecular flexibility index (Phi) is 3.11. The Morgan fingerprint density at radius 1 is 1.30 bits per heavy atom. The highest BCUT2D eigenvalue weighted by molar-refractivity contribution is 5.64. The summed E-state index contributed by atoms with van der Waals surface area (Å²) in [7, 11) is 0. The Balaban J connectivity index is 2.08. The second kappa shape index (κ2) is 4.93. The number of nitrogens with one attached hydrogen (secondary N) is 1. The third-order valence-electron chi connectivity index (χ3n) is 3.60. The number of nitrogens with zero attached hydrogens (tertiary/aromatic N) is 1. The largest absolute Gasteiger partial charge is 0.321 e. The summed E-state index contributed by atoms with van der Waals surface area (Å²) in [6.07, 6.45) is 3.32. The van der Waals surface area contributed by atoms with Crippen LogP contribution in [0.4, 0.5) is 4.39 Å². The smallest absolute Gasteiger partial charge is 0.266 e. The van der Waals surface area contributed by atoms with Gasteiger partial charge in [0.25, 0.3) is 5.56 Å².